The molecule has 1 aliphatic rings. The van der Waals surface area contributed by atoms with Crippen LogP contribution in [0, 0.1) is 5.92 Å². The largest absolute Gasteiger partial charge is 0.349 e. The van der Waals surface area contributed by atoms with Crippen LogP contribution in [0.1, 0.15) is 24.4 Å². The predicted molar refractivity (Wildman–Crippen MR) is 109 cm³/mol. The Bertz CT molecular complexity index is 705. The molecule has 0 bridgehead atoms. The smallest absolute Gasteiger partial charge is 0.319 e. The summed E-state index contributed by atoms with van der Waals surface area (Å²) in [5.41, 5.74) is 1.34. The average Bonchev–Trinajstić information content (AvgIpc) is 3.26. The first-order chi connectivity index (χ1) is 12.2. The number of guanidine groups is 1. The van der Waals surface area contributed by atoms with Gasteiger partial charge in [-0.3, -0.25) is 9.56 Å². The first-order valence-electron chi connectivity index (χ1n) is 8.46. The summed E-state index contributed by atoms with van der Waals surface area (Å²) in [5, 5.41) is 3.15. The van der Waals surface area contributed by atoms with Crippen molar-refractivity contribution in [1.29, 1.82) is 0 Å². The van der Waals surface area contributed by atoms with Crippen LogP contribution in [-0.2, 0) is 13.0 Å². The van der Waals surface area contributed by atoms with Crippen LogP contribution >= 0.6 is 24.0 Å². The van der Waals surface area contributed by atoms with E-state index in [1.54, 1.807) is 7.05 Å². The van der Waals surface area contributed by atoms with Crippen molar-refractivity contribution in [2.75, 3.05) is 20.1 Å². The van der Waals surface area contributed by atoms with Gasteiger partial charge in [0, 0.05) is 32.5 Å². The summed E-state index contributed by atoms with van der Waals surface area (Å²) in [4.78, 5) is 10.5. The molecule has 5 nitrogen and oxygen atoms in total. The first kappa shape index (κ1) is 20.6. The Balaban J connectivity index is 0.00000243. The quantitative estimate of drug-likeness (QED) is 0.409. The van der Waals surface area contributed by atoms with Crippen molar-refractivity contribution in [3.05, 3.63) is 54.1 Å². The fourth-order valence-electron chi connectivity index (χ4n) is 3.29. The van der Waals surface area contributed by atoms with E-state index in [0.29, 0.717) is 11.7 Å². The van der Waals surface area contributed by atoms with Crippen molar-refractivity contribution in [1.82, 2.24) is 19.8 Å². The van der Waals surface area contributed by atoms with E-state index in [2.05, 4.69) is 44.5 Å². The van der Waals surface area contributed by atoms with Crippen LogP contribution in [0.4, 0.5) is 8.78 Å². The predicted octanol–water partition coefficient (Wildman–Crippen LogP) is 3.54. The van der Waals surface area contributed by atoms with Gasteiger partial charge in [0.25, 0.3) is 0 Å². The molecule has 1 aromatic carbocycles. The molecule has 0 aliphatic carbocycles. The summed E-state index contributed by atoms with van der Waals surface area (Å²) >= 11 is 0. The average molecular weight is 475 g/mol. The van der Waals surface area contributed by atoms with Gasteiger partial charge in [0.05, 0.1) is 6.54 Å². The van der Waals surface area contributed by atoms with Gasteiger partial charge in [-0.15, -0.1) is 24.0 Å². The number of nitrogens with one attached hydrogen (secondary N) is 1. The molecule has 26 heavy (non-hydrogen) atoms. The van der Waals surface area contributed by atoms with E-state index >= 15 is 0 Å². The molecular weight excluding hydrogens is 451 g/mol. The molecular formula is C18H24F2IN5. The fourth-order valence-corrected chi connectivity index (χ4v) is 3.29. The van der Waals surface area contributed by atoms with Crippen LogP contribution in [0.5, 0.6) is 0 Å². The monoisotopic (exact) mass is 475 g/mol. The summed E-state index contributed by atoms with van der Waals surface area (Å²) in [6.45, 7) is -0.523. The highest BCUT2D eigenvalue weighted by Gasteiger charge is 2.25. The molecule has 2 aromatic rings. The third kappa shape index (κ3) is 5.15. The van der Waals surface area contributed by atoms with Crippen LogP contribution in [-0.4, -0.2) is 40.5 Å². The first-order valence-corrected chi connectivity index (χ1v) is 8.46. The zero-order chi connectivity index (χ0) is 17.6. The molecule has 8 heteroatoms. The van der Waals surface area contributed by atoms with Crippen LogP contribution in [0.25, 0.3) is 0 Å². The molecule has 1 unspecified atom stereocenters. The van der Waals surface area contributed by atoms with E-state index in [1.165, 1.54) is 18.0 Å². The molecule has 0 saturated carbocycles. The zero-order valence-corrected chi connectivity index (χ0v) is 17.0. The summed E-state index contributed by atoms with van der Waals surface area (Å²) in [5.74, 6) is 1.61. The van der Waals surface area contributed by atoms with Crippen LogP contribution < -0.4 is 5.32 Å². The molecule has 1 saturated heterocycles. The number of likely N-dealkylation sites (tertiary alicyclic amines) is 1. The number of imidazole rings is 1. The highest BCUT2D eigenvalue weighted by molar-refractivity contribution is 14.0. The maximum Gasteiger partial charge on any atom is 0.319 e. The number of benzene rings is 1. The van der Waals surface area contributed by atoms with Crippen molar-refractivity contribution in [2.45, 2.75) is 25.9 Å². The van der Waals surface area contributed by atoms with Gasteiger partial charge in [-0.2, -0.15) is 8.78 Å². The van der Waals surface area contributed by atoms with Crippen molar-refractivity contribution in [2.24, 2.45) is 10.9 Å². The summed E-state index contributed by atoms with van der Waals surface area (Å²) in [6, 6.07) is 10.5. The maximum atomic E-state index is 12.9. The second-order valence-electron chi connectivity index (χ2n) is 6.22. The fraction of sp³-hybridized carbons (Fsp3) is 0.444. The number of aromatic nitrogens is 2. The molecule has 2 heterocycles. The minimum absolute atomic E-state index is 0. The normalized spacial score (nSPS) is 17.5. The summed E-state index contributed by atoms with van der Waals surface area (Å²) < 4.78 is 26.6. The number of halogens is 3. The third-order valence-electron chi connectivity index (χ3n) is 4.53. The van der Waals surface area contributed by atoms with Crippen molar-refractivity contribution in [3.8, 4) is 0 Å². The molecule has 3 rings (SSSR count). The van der Waals surface area contributed by atoms with Crippen LogP contribution in [0.3, 0.4) is 0 Å². The molecule has 1 aromatic heterocycles. The second kappa shape index (κ2) is 9.84. The molecule has 1 N–H and O–H groups in total. The van der Waals surface area contributed by atoms with Crippen molar-refractivity contribution in [3.63, 3.8) is 0 Å². The van der Waals surface area contributed by atoms with Gasteiger partial charge in [0.1, 0.15) is 5.82 Å². The standard InChI is InChI=1S/C18H23F2N5.HI/c1-21-18(23-12-16-22-8-10-25(16)17(19)20)24-9-7-15(13-24)11-14-5-3-2-4-6-14;/h2-6,8,10,15,17H,7,9,11-13H2,1H3,(H,21,23);1H. The summed E-state index contributed by atoms with van der Waals surface area (Å²) in [6.07, 6.45) is 4.82. The molecule has 0 spiro atoms. The van der Waals surface area contributed by atoms with E-state index in [9.17, 15) is 8.78 Å². The van der Waals surface area contributed by atoms with Crippen molar-refractivity contribution < 1.29 is 8.78 Å². The Morgan fingerprint density at radius 1 is 1.35 bits per heavy atom. The number of alkyl halides is 2. The molecule has 142 valence electrons. The number of nitrogens with zero attached hydrogens (tertiary/aromatic N) is 4. The molecule has 1 aliphatic heterocycles. The van der Waals surface area contributed by atoms with E-state index < -0.39 is 6.55 Å². The number of hydrogen-bond donors (Lipinski definition) is 1. The van der Waals surface area contributed by atoms with Gasteiger partial charge < -0.3 is 10.2 Å². The molecule has 0 radical (unpaired) electrons. The van der Waals surface area contributed by atoms with E-state index in [0.717, 1.165) is 36.5 Å². The zero-order valence-electron chi connectivity index (χ0n) is 14.7. The third-order valence-corrected chi connectivity index (χ3v) is 4.53. The van der Waals surface area contributed by atoms with E-state index in [-0.39, 0.29) is 30.5 Å². The van der Waals surface area contributed by atoms with Crippen LogP contribution in [0.15, 0.2) is 47.7 Å². The van der Waals surface area contributed by atoms with E-state index in [1.807, 2.05) is 6.07 Å². The number of rotatable bonds is 5. The second-order valence-corrected chi connectivity index (χ2v) is 6.22. The Kier molecular flexibility index (Phi) is 7.80. The summed E-state index contributed by atoms with van der Waals surface area (Å²) in [7, 11) is 1.71. The highest BCUT2D eigenvalue weighted by atomic mass is 127. The van der Waals surface area contributed by atoms with Crippen molar-refractivity contribution >= 4 is 29.9 Å². The lowest BCUT2D eigenvalue weighted by Gasteiger charge is -2.22. The minimum Gasteiger partial charge on any atom is -0.349 e. The lowest BCUT2D eigenvalue weighted by Crippen LogP contribution is -2.40. The van der Waals surface area contributed by atoms with Gasteiger partial charge in [0.15, 0.2) is 5.96 Å². The number of aliphatic imine (C=N–C) groups is 1. The van der Waals surface area contributed by atoms with Gasteiger partial charge in [-0.05, 0) is 24.3 Å². The maximum absolute atomic E-state index is 12.9. The SMILES string of the molecule is CN=C(NCc1nccn1C(F)F)N1CCC(Cc2ccccc2)C1.I. The van der Waals surface area contributed by atoms with Gasteiger partial charge >= 0.3 is 6.55 Å². The van der Waals surface area contributed by atoms with E-state index in [4.69, 9.17) is 0 Å². The molecule has 0 amide bonds. The molecule has 1 fully saturated rings. The lowest BCUT2D eigenvalue weighted by molar-refractivity contribution is 0.0668. The Morgan fingerprint density at radius 3 is 2.81 bits per heavy atom. The van der Waals surface area contributed by atoms with Crippen LogP contribution in [0.2, 0.25) is 0 Å². The van der Waals surface area contributed by atoms with Gasteiger partial charge in [-0.1, -0.05) is 30.3 Å². The molecule has 1 atom stereocenters. The lowest BCUT2D eigenvalue weighted by atomic mass is 9.99. The Labute approximate surface area is 169 Å². The highest BCUT2D eigenvalue weighted by Crippen LogP contribution is 2.21. The minimum atomic E-state index is -2.58. The Hall–Kier alpha value is -1.71. The van der Waals surface area contributed by atoms with Gasteiger partial charge in [0.2, 0.25) is 0 Å². The number of hydrogen-bond acceptors (Lipinski definition) is 2. The Morgan fingerprint density at radius 2 is 2.12 bits per heavy atom. The topological polar surface area (TPSA) is 45.5 Å². The van der Waals surface area contributed by atoms with Gasteiger partial charge in [-0.25, -0.2) is 4.98 Å².